The molecule has 0 aromatic carbocycles. The maximum atomic E-state index is 12.0. The number of imide groups is 2. The smallest absolute Gasteiger partial charge is 0.291 e. The van der Waals surface area contributed by atoms with Gasteiger partial charge in [-0.25, -0.2) is 9.69 Å². The molecule has 2 heterocycles. The lowest BCUT2D eigenvalue weighted by Gasteiger charge is -2.10. The average Bonchev–Trinajstić information content (AvgIpc) is 2.95. The summed E-state index contributed by atoms with van der Waals surface area (Å²) in [6.45, 7) is 1.58. The molecule has 6 nitrogen and oxygen atoms in total. The fourth-order valence-corrected chi connectivity index (χ4v) is 2.57. The predicted molar refractivity (Wildman–Crippen MR) is 67.9 cm³/mol. The van der Waals surface area contributed by atoms with Gasteiger partial charge in [-0.3, -0.25) is 19.3 Å². The Balaban J connectivity index is 2.13. The molecule has 0 unspecified atom stereocenters. The molecular weight excluding hydrogens is 268 g/mol. The molecule has 1 fully saturated rings. The van der Waals surface area contributed by atoms with Crippen molar-refractivity contribution in [1.29, 1.82) is 0 Å². The third kappa shape index (κ3) is 2.28. The molecule has 0 saturated carbocycles. The number of nitrogens with zero attached hydrogens (tertiary/aromatic N) is 2. The summed E-state index contributed by atoms with van der Waals surface area (Å²) in [7, 11) is 1.22. The average molecular weight is 280 g/mol. The van der Waals surface area contributed by atoms with Crippen LogP contribution in [0.2, 0.25) is 0 Å². The van der Waals surface area contributed by atoms with Gasteiger partial charge in [0.25, 0.3) is 0 Å². The Hall–Kier alpha value is -2.02. The molecule has 1 aromatic rings. The van der Waals surface area contributed by atoms with Crippen LogP contribution in [0.1, 0.15) is 21.5 Å². The molecule has 1 saturated heterocycles. The summed E-state index contributed by atoms with van der Waals surface area (Å²) < 4.78 is 0. The number of likely N-dealkylation sites (N-methyl/N-ethyl adjacent to an activating group) is 1. The maximum Gasteiger partial charge on any atom is 0.334 e. The normalized spacial score (nSPS) is 15.6. The quantitative estimate of drug-likeness (QED) is 0.467. The molecule has 0 N–H and O–H groups in total. The van der Waals surface area contributed by atoms with Crippen LogP contribution in [0.3, 0.4) is 0 Å². The van der Waals surface area contributed by atoms with Gasteiger partial charge in [0.05, 0.1) is 11.4 Å². The highest BCUT2D eigenvalue weighted by Gasteiger charge is 2.43. The van der Waals surface area contributed by atoms with E-state index >= 15 is 0 Å². The van der Waals surface area contributed by atoms with Crippen molar-refractivity contribution in [3.8, 4) is 0 Å². The van der Waals surface area contributed by atoms with E-state index < -0.39 is 24.4 Å². The molecule has 1 aliphatic heterocycles. The zero-order chi connectivity index (χ0) is 14.2. The number of aryl methyl sites for hydroxylation is 1. The van der Waals surface area contributed by atoms with Crippen molar-refractivity contribution in [3.63, 3.8) is 0 Å². The lowest BCUT2D eigenvalue weighted by molar-refractivity contribution is -0.142. The van der Waals surface area contributed by atoms with Gasteiger partial charge in [0.15, 0.2) is 5.78 Å². The Kier molecular flexibility index (Phi) is 3.48. The van der Waals surface area contributed by atoms with Crippen molar-refractivity contribution in [2.45, 2.75) is 13.3 Å². The van der Waals surface area contributed by atoms with Crippen molar-refractivity contribution in [3.05, 3.63) is 21.9 Å². The highest BCUT2D eigenvalue weighted by Crippen LogP contribution is 2.19. The van der Waals surface area contributed by atoms with Crippen LogP contribution >= 0.6 is 11.3 Å². The number of rotatable bonds is 4. The van der Waals surface area contributed by atoms with Crippen LogP contribution in [-0.4, -0.2) is 47.0 Å². The largest absolute Gasteiger partial charge is 0.334 e. The number of hydrogen-bond donors (Lipinski definition) is 0. The van der Waals surface area contributed by atoms with Crippen LogP contribution in [0.25, 0.3) is 0 Å². The van der Waals surface area contributed by atoms with E-state index in [1.807, 2.05) is 13.0 Å². The van der Waals surface area contributed by atoms with Gasteiger partial charge in [-0.2, -0.15) is 0 Å². The molecule has 2 rings (SSSR count). The standard InChI is InChI=1S/C12H12N2O4S/c1-3-7-4-5-9(19-7)8(15)6-14-11(17)10(16)13(2)12(14)18/h4-5H,3,6H2,1-2H3. The van der Waals surface area contributed by atoms with Gasteiger partial charge in [-0.05, 0) is 18.6 Å². The molecule has 1 aromatic heterocycles. The van der Waals surface area contributed by atoms with Gasteiger partial charge in [-0.15, -0.1) is 11.3 Å². The molecular formula is C12H12N2O4S. The van der Waals surface area contributed by atoms with Gasteiger partial charge in [0.1, 0.15) is 0 Å². The minimum atomic E-state index is -0.951. The minimum Gasteiger partial charge on any atom is -0.291 e. The van der Waals surface area contributed by atoms with Crippen molar-refractivity contribution in [1.82, 2.24) is 9.80 Å². The predicted octanol–water partition coefficient (Wildman–Crippen LogP) is 0.914. The second kappa shape index (κ2) is 4.93. The van der Waals surface area contributed by atoms with E-state index in [1.165, 1.54) is 18.4 Å². The first-order valence-electron chi connectivity index (χ1n) is 5.71. The molecule has 0 spiro atoms. The Bertz CT molecular complexity index is 578. The second-order valence-electron chi connectivity index (χ2n) is 4.08. The van der Waals surface area contributed by atoms with Gasteiger partial charge in [0.2, 0.25) is 0 Å². The first kappa shape index (κ1) is 13.4. The lowest BCUT2D eigenvalue weighted by atomic mass is 10.3. The lowest BCUT2D eigenvalue weighted by Crippen LogP contribution is -2.36. The van der Waals surface area contributed by atoms with Crippen LogP contribution in [0.4, 0.5) is 4.79 Å². The van der Waals surface area contributed by atoms with E-state index in [2.05, 4.69) is 0 Å². The molecule has 4 amide bonds. The Labute approximate surface area is 113 Å². The first-order chi connectivity index (χ1) is 8.95. The minimum absolute atomic E-state index is 0.338. The van der Waals surface area contributed by atoms with Crippen LogP contribution in [0, 0.1) is 0 Å². The van der Waals surface area contributed by atoms with E-state index in [0.29, 0.717) is 14.7 Å². The summed E-state index contributed by atoms with van der Waals surface area (Å²) in [6.07, 6.45) is 0.820. The van der Waals surface area contributed by atoms with Gasteiger partial charge >= 0.3 is 17.8 Å². The molecule has 0 radical (unpaired) electrons. The van der Waals surface area contributed by atoms with Crippen LogP contribution < -0.4 is 0 Å². The van der Waals surface area contributed by atoms with Crippen LogP contribution in [-0.2, 0) is 16.0 Å². The fraction of sp³-hybridized carbons (Fsp3) is 0.333. The summed E-state index contributed by atoms with van der Waals surface area (Å²) in [5.41, 5.74) is 0. The Morgan fingerprint density at radius 1 is 1.21 bits per heavy atom. The number of Topliss-reactive ketones (excluding diaryl/α,β-unsaturated/α-hetero) is 1. The molecule has 19 heavy (non-hydrogen) atoms. The van der Waals surface area contributed by atoms with Crippen molar-refractivity contribution in [2.24, 2.45) is 0 Å². The molecule has 7 heteroatoms. The van der Waals surface area contributed by atoms with Gasteiger partial charge in [-0.1, -0.05) is 6.92 Å². The van der Waals surface area contributed by atoms with Crippen LogP contribution in [0.15, 0.2) is 12.1 Å². The second-order valence-corrected chi connectivity index (χ2v) is 5.25. The Morgan fingerprint density at radius 2 is 1.89 bits per heavy atom. The van der Waals surface area contributed by atoms with E-state index in [4.69, 9.17) is 0 Å². The molecule has 1 aliphatic rings. The van der Waals surface area contributed by atoms with Gasteiger partial charge in [0, 0.05) is 11.9 Å². The fourth-order valence-electron chi connectivity index (χ4n) is 1.69. The third-order valence-electron chi connectivity index (χ3n) is 2.84. The summed E-state index contributed by atoms with van der Waals surface area (Å²) in [6, 6.07) is 2.75. The highest BCUT2D eigenvalue weighted by atomic mass is 32.1. The molecule has 100 valence electrons. The summed E-state index contributed by atoms with van der Waals surface area (Å²) in [5.74, 6) is -2.19. The Morgan fingerprint density at radius 3 is 2.37 bits per heavy atom. The zero-order valence-electron chi connectivity index (χ0n) is 10.5. The van der Waals surface area contributed by atoms with E-state index in [9.17, 15) is 19.2 Å². The zero-order valence-corrected chi connectivity index (χ0v) is 11.3. The highest BCUT2D eigenvalue weighted by molar-refractivity contribution is 7.14. The summed E-state index contributed by atoms with van der Waals surface area (Å²) in [5, 5.41) is 0. The number of thiophene rings is 1. The van der Waals surface area contributed by atoms with Crippen molar-refractivity contribution < 1.29 is 19.2 Å². The number of amides is 4. The van der Waals surface area contributed by atoms with Crippen molar-refractivity contribution >= 4 is 35.0 Å². The first-order valence-corrected chi connectivity index (χ1v) is 6.52. The SMILES string of the molecule is CCc1ccc(C(=O)CN2C(=O)C(=O)N(C)C2=O)s1. The molecule has 0 aliphatic carbocycles. The maximum absolute atomic E-state index is 12.0. The monoisotopic (exact) mass is 280 g/mol. The molecule has 0 atom stereocenters. The van der Waals surface area contributed by atoms with Gasteiger partial charge < -0.3 is 0 Å². The van der Waals surface area contributed by atoms with Crippen LogP contribution in [0.5, 0.6) is 0 Å². The summed E-state index contributed by atoms with van der Waals surface area (Å²) in [4.78, 5) is 49.3. The number of hydrogen-bond acceptors (Lipinski definition) is 5. The van der Waals surface area contributed by atoms with Crippen molar-refractivity contribution in [2.75, 3.05) is 13.6 Å². The third-order valence-corrected chi connectivity index (χ3v) is 4.11. The number of carbonyl (C=O) groups is 4. The summed E-state index contributed by atoms with van der Waals surface area (Å²) >= 11 is 1.33. The van der Waals surface area contributed by atoms with E-state index in [1.54, 1.807) is 6.07 Å². The molecule has 0 bridgehead atoms. The number of carbonyl (C=O) groups excluding carboxylic acids is 4. The number of ketones is 1. The van der Waals surface area contributed by atoms with E-state index in [0.717, 1.165) is 11.3 Å². The van der Waals surface area contributed by atoms with E-state index in [-0.39, 0.29) is 5.78 Å². The topological polar surface area (TPSA) is 74.8 Å². The number of urea groups is 1.